The van der Waals surface area contributed by atoms with Gasteiger partial charge >= 0.3 is 6.03 Å². The van der Waals surface area contributed by atoms with Crippen LogP contribution in [-0.2, 0) is 0 Å². The Morgan fingerprint density at radius 1 is 1.62 bits per heavy atom. The molecule has 0 bridgehead atoms. The number of nitrogens with one attached hydrogen (secondary N) is 1. The lowest BCUT2D eigenvalue weighted by Crippen LogP contribution is -2.45. The highest BCUT2D eigenvalue weighted by atomic mass is 32.2. The van der Waals surface area contributed by atoms with Gasteiger partial charge in [-0.1, -0.05) is 6.08 Å². The summed E-state index contributed by atoms with van der Waals surface area (Å²) in [5.74, 6) is 1.77. The summed E-state index contributed by atoms with van der Waals surface area (Å²) in [6.07, 6.45) is 1.84. The molecule has 0 aromatic carbocycles. The third-order valence-electron chi connectivity index (χ3n) is 1.73. The zero-order chi connectivity index (χ0) is 12.6. The molecule has 0 atom stereocenters. The van der Waals surface area contributed by atoms with Crippen LogP contribution >= 0.6 is 11.8 Å². The SMILES string of the molecule is C=CCSCCNC(=O)N(C)CC(C)(C)O. The van der Waals surface area contributed by atoms with Crippen molar-refractivity contribution in [3.8, 4) is 0 Å². The molecule has 0 aliphatic carbocycles. The first-order chi connectivity index (χ1) is 7.37. The molecule has 94 valence electrons. The average molecular weight is 246 g/mol. The van der Waals surface area contributed by atoms with E-state index in [9.17, 15) is 9.90 Å². The number of aliphatic hydroxyl groups is 1. The van der Waals surface area contributed by atoms with Gasteiger partial charge in [0.2, 0.25) is 0 Å². The monoisotopic (exact) mass is 246 g/mol. The zero-order valence-corrected chi connectivity index (χ0v) is 11.1. The van der Waals surface area contributed by atoms with Crippen LogP contribution in [0.5, 0.6) is 0 Å². The van der Waals surface area contributed by atoms with Crippen LogP contribution in [0.1, 0.15) is 13.8 Å². The number of likely N-dealkylation sites (N-methyl/N-ethyl adjacent to an activating group) is 1. The van der Waals surface area contributed by atoms with E-state index >= 15 is 0 Å². The molecule has 0 unspecified atom stereocenters. The molecule has 0 aliphatic heterocycles. The van der Waals surface area contributed by atoms with Crippen molar-refractivity contribution in [3.05, 3.63) is 12.7 Å². The number of hydrogen-bond acceptors (Lipinski definition) is 3. The lowest BCUT2D eigenvalue weighted by molar-refractivity contribution is 0.0533. The van der Waals surface area contributed by atoms with E-state index < -0.39 is 5.60 Å². The van der Waals surface area contributed by atoms with Gasteiger partial charge in [0.05, 0.1) is 12.1 Å². The fourth-order valence-corrected chi connectivity index (χ4v) is 1.76. The summed E-state index contributed by atoms with van der Waals surface area (Å²) in [5, 5.41) is 12.3. The van der Waals surface area contributed by atoms with Gasteiger partial charge in [0.15, 0.2) is 0 Å². The van der Waals surface area contributed by atoms with Gasteiger partial charge in [-0.05, 0) is 13.8 Å². The summed E-state index contributed by atoms with van der Waals surface area (Å²) in [6.45, 7) is 7.92. The van der Waals surface area contributed by atoms with Crippen LogP contribution in [0.2, 0.25) is 0 Å². The van der Waals surface area contributed by atoms with E-state index in [1.165, 1.54) is 4.90 Å². The minimum Gasteiger partial charge on any atom is -0.389 e. The minimum atomic E-state index is -0.857. The number of hydrogen-bond donors (Lipinski definition) is 2. The van der Waals surface area contributed by atoms with Crippen LogP contribution in [-0.4, -0.2) is 53.3 Å². The summed E-state index contributed by atoms with van der Waals surface area (Å²) in [4.78, 5) is 13.0. The summed E-state index contributed by atoms with van der Waals surface area (Å²) in [6, 6.07) is -0.152. The number of rotatable bonds is 7. The topological polar surface area (TPSA) is 52.6 Å². The smallest absolute Gasteiger partial charge is 0.317 e. The Morgan fingerprint density at radius 2 is 2.25 bits per heavy atom. The van der Waals surface area contributed by atoms with E-state index in [0.717, 1.165) is 11.5 Å². The van der Waals surface area contributed by atoms with Gasteiger partial charge in [0, 0.05) is 25.1 Å². The van der Waals surface area contributed by atoms with Crippen molar-refractivity contribution in [1.29, 1.82) is 0 Å². The highest BCUT2D eigenvalue weighted by Gasteiger charge is 2.18. The second-order valence-corrected chi connectivity index (χ2v) is 5.41. The summed E-state index contributed by atoms with van der Waals surface area (Å²) >= 11 is 1.72. The van der Waals surface area contributed by atoms with Crippen molar-refractivity contribution in [2.45, 2.75) is 19.4 Å². The van der Waals surface area contributed by atoms with Gasteiger partial charge in [0.25, 0.3) is 0 Å². The fraction of sp³-hybridized carbons (Fsp3) is 0.727. The first kappa shape index (κ1) is 15.3. The molecular weight excluding hydrogens is 224 g/mol. The molecule has 0 spiro atoms. The van der Waals surface area contributed by atoms with E-state index in [1.54, 1.807) is 32.7 Å². The molecule has 0 radical (unpaired) electrons. The zero-order valence-electron chi connectivity index (χ0n) is 10.3. The largest absolute Gasteiger partial charge is 0.389 e. The van der Waals surface area contributed by atoms with Crippen LogP contribution in [0.3, 0.4) is 0 Å². The number of thioether (sulfide) groups is 1. The number of nitrogens with zero attached hydrogens (tertiary/aromatic N) is 1. The lowest BCUT2D eigenvalue weighted by atomic mass is 10.1. The van der Waals surface area contributed by atoms with E-state index in [1.807, 2.05) is 6.08 Å². The Labute approximate surface area is 102 Å². The van der Waals surface area contributed by atoms with Crippen molar-refractivity contribution in [3.63, 3.8) is 0 Å². The Bertz CT molecular complexity index is 227. The van der Waals surface area contributed by atoms with Gasteiger partial charge in [0.1, 0.15) is 0 Å². The van der Waals surface area contributed by atoms with Gasteiger partial charge in [-0.15, -0.1) is 6.58 Å². The number of amides is 2. The molecule has 4 nitrogen and oxygen atoms in total. The Kier molecular flexibility index (Phi) is 7.25. The predicted octanol–water partition coefficient (Wildman–Crippen LogP) is 1.32. The normalized spacial score (nSPS) is 11.0. The maximum atomic E-state index is 11.5. The molecule has 5 heteroatoms. The molecule has 0 saturated heterocycles. The van der Waals surface area contributed by atoms with Crippen LogP contribution < -0.4 is 5.32 Å². The maximum absolute atomic E-state index is 11.5. The Hall–Kier alpha value is -0.680. The highest BCUT2D eigenvalue weighted by Crippen LogP contribution is 2.03. The fourth-order valence-electron chi connectivity index (χ4n) is 1.18. The predicted molar refractivity (Wildman–Crippen MR) is 69.8 cm³/mol. The van der Waals surface area contributed by atoms with Crippen molar-refractivity contribution in [1.82, 2.24) is 10.2 Å². The second-order valence-electron chi connectivity index (χ2n) is 4.26. The van der Waals surface area contributed by atoms with Crippen molar-refractivity contribution < 1.29 is 9.90 Å². The molecule has 16 heavy (non-hydrogen) atoms. The lowest BCUT2D eigenvalue weighted by Gasteiger charge is -2.25. The van der Waals surface area contributed by atoms with Gasteiger partial charge < -0.3 is 15.3 Å². The molecule has 0 heterocycles. The summed E-state index contributed by atoms with van der Waals surface area (Å²) in [7, 11) is 1.67. The van der Waals surface area contributed by atoms with Crippen LogP contribution in [0.25, 0.3) is 0 Å². The maximum Gasteiger partial charge on any atom is 0.317 e. The van der Waals surface area contributed by atoms with E-state index in [4.69, 9.17) is 0 Å². The van der Waals surface area contributed by atoms with E-state index in [2.05, 4.69) is 11.9 Å². The van der Waals surface area contributed by atoms with Gasteiger partial charge in [-0.25, -0.2) is 4.79 Å². The first-order valence-electron chi connectivity index (χ1n) is 5.27. The van der Waals surface area contributed by atoms with E-state index in [0.29, 0.717) is 13.1 Å². The first-order valence-corrected chi connectivity index (χ1v) is 6.42. The van der Waals surface area contributed by atoms with Crippen LogP contribution in [0, 0.1) is 0 Å². The van der Waals surface area contributed by atoms with Crippen molar-refractivity contribution >= 4 is 17.8 Å². The third-order valence-corrected chi connectivity index (χ3v) is 2.69. The number of carbonyl (C=O) groups excluding carboxylic acids is 1. The summed E-state index contributed by atoms with van der Waals surface area (Å²) in [5.41, 5.74) is -0.857. The second kappa shape index (κ2) is 7.57. The number of carbonyl (C=O) groups is 1. The minimum absolute atomic E-state index is 0.152. The molecular formula is C11H22N2O2S. The molecule has 2 amide bonds. The molecule has 0 rings (SSSR count). The molecule has 0 saturated carbocycles. The quantitative estimate of drug-likeness (QED) is 0.526. The van der Waals surface area contributed by atoms with Gasteiger partial charge in [-0.3, -0.25) is 0 Å². The van der Waals surface area contributed by atoms with Crippen molar-refractivity contribution in [2.75, 3.05) is 31.6 Å². The van der Waals surface area contributed by atoms with Crippen LogP contribution in [0.4, 0.5) is 4.79 Å². The standard InChI is InChI=1S/C11H22N2O2S/c1-5-7-16-8-6-12-10(14)13(4)9-11(2,3)15/h5,15H,1,6-9H2,2-4H3,(H,12,14). The molecule has 0 fully saturated rings. The molecule has 2 N–H and O–H groups in total. The molecule has 0 aromatic heterocycles. The van der Waals surface area contributed by atoms with Crippen molar-refractivity contribution in [2.24, 2.45) is 0 Å². The Morgan fingerprint density at radius 3 is 2.75 bits per heavy atom. The average Bonchev–Trinajstić information content (AvgIpc) is 2.14. The van der Waals surface area contributed by atoms with Gasteiger partial charge in [-0.2, -0.15) is 11.8 Å². The highest BCUT2D eigenvalue weighted by molar-refractivity contribution is 7.99. The number of urea groups is 1. The van der Waals surface area contributed by atoms with E-state index in [-0.39, 0.29) is 6.03 Å². The Balaban J connectivity index is 3.67. The molecule has 0 aromatic rings. The van der Waals surface area contributed by atoms with Crippen LogP contribution in [0.15, 0.2) is 12.7 Å². The third kappa shape index (κ3) is 8.61. The molecule has 0 aliphatic rings. The summed E-state index contributed by atoms with van der Waals surface area (Å²) < 4.78 is 0.